The topological polar surface area (TPSA) is 49.7 Å². The Balaban J connectivity index is 2.77. The van der Waals surface area contributed by atoms with Crippen molar-refractivity contribution < 1.29 is 14.7 Å². The summed E-state index contributed by atoms with van der Waals surface area (Å²) in [6, 6.07) is 0. The van der Waals surface area contributed by atoms with Gasteiger partial charge in [-0.25, -0.2) is 0 Å². The van der Waals surface area contributed by atoms with E-state index in [9.17, 15) is 0 Å². The zero-order valence-corrected chi connectivity index (χ0v) is 6.93. The molecule has 0 unspecified atom stereocenters. The molecule has 0 saturated carbocycles. The zero-order chi connectivity index (χ0) is 7.82. The second-order valence-electron chi connectivity index (χ2n) is 1.87. The molecule has 0 aromatic heterocycles. The molecule has 5 heteroatoms. The van der Waals surface area contributed by atoms with Gasteiger partial charge in [0.1, 0.15) is 0 Å². The third kappa shape index (κ3) is 8.29. The maximum Gasteiger partial charge on any atom is 0.634 e. The van der Waals surface area contributed by atoms with Crippen LogP contribution in [0.25, 0.3) is 0 Å². The Labute approximate surface area is 66.0 Å². The first-order chi connectivity index (χ1) is 4.77. The maximum atomic E-state index is 8.23. The Bertz CT molecular complexity index is 71.9. The van der Waals surface area contributed by atoms with Crippen LogP contribution in [0.3, 0.4) is 0 Å². The molecule has 0 aromatic rings. The molecule has 0 heterocycles. The van der Waals surface area contributed by atoms with Crippen LogP contribution < -0.4 is 0 Å². The van der Waals surface area contributed by atoms with Gasteiger partial charge >= 0.3 is 7.32 Å². The minimum absolute atomic E-state index is 0.359. The first-order valence-corrected chi connectivity index (χ1v) is 4.48. The SMILES string of the molecule is CCCCSCOB(O)O. The van der Waals surface area contributed by atoms with Gasteiger partial charge in [-0.05, 0) is 12.2 Å². The van der Waals surface area contributed by atoms with E-state index in [0.717, 1.165) is 18.6 Å². The van der Waals surface area contributed by atoms with Crippen molar-refractivity contribution in [2.24, 2.45) is 0 Å². The lowest BCUT2D eigenvalue weighted by molar-refractivity contribution is 0.220. The third-order valence-electron chi connectivity index (χ3n) is 0.943. The van der Waals surface area contributed by atoms with Crippen LogP contribution in [0.2, 0.25) is 0 Å². The quantitative estimate of drug-likeness (QED) is 0.340. The second-order valence-corrected chi connectivity index (χ2v) is 2.92. The van der Waals surface area contributed by atoms with Gasteiger partial charge in [0.15, 0.2) is 0 Å². The predicted molar refractivity (Wildman–Crippen MR) is 43.5 cm³/mol. The highest BCUT2D eigenvalue weighted by atomic mass is 32.2. The van der Waals surface area contributed by atoms with Crippen LogP contribution in [-0.4, -0.2) is 29.1 Å². The van der Waals surface area contributed by atoms with Crippen LogP contribution in [0, 0.1) is 0 Å². The van der Waals surface area contributed by atoms with Crippen LogP contribution >= 0.6 is 11.8 Å². The number of thioether (sulfide) groups is 1. The van der Waals surface area contributed by atoms with Gasteiger partial charge in [-0.15, -0.1) is 11.8 Å². The molecule has 2 N–H and O–H groups in total. The van der Waals surface area contributed by atoms with Crippen molar-refractivity contribution in [3.05, 3.63) is 0 Å². The fourth-order valence-electron chi connectivity index (χ4n) is 0.414. The van der Waals surface area contributed by atoms with Crippen molar-refractivity contribution in [2.45, 2.75) is 19.8 Å². The van der Waals surface area contributed by atoms with Gasteiger partial charge in [0, 0.05) is 0 Å². The number of hydrogen-bond acceptors (Lipinski definition) is 4. The highest BCUT2D eigenvalue weighted by molar-refractivity contribution is 7.99. The summed E-state index contributed by atoms with van der Waals surface area (Å²) in [6.45, 7) is 2.11. The molecule has 0 radical (unpaired) electrons. The maximum absolute atomic E-state index is 8.23. The third-order valence-corrected chi connectivity index (χ3v) is 1.82. The van der Waals surface area contributed by atoms with Gasteiger partial charge in [-0.3, -0.25) is 0 Å². The largest absolute Gasteiger partial charge is 0.634 e. The molecule has 60 valence electrons. The average Bonchev–Trinajstić information content (AvgIpc) is 1.87. The standard InChI is InChI=1S/C5H13BO3S/c1-2-3-4-10-5-9-6(7)8/h7-8H,2-5H2,1H3. The van der Waals surface area contributed by atoms with Crippen LogP contribution in [0.5, 0.6) is 0 Å². The second kappa shape index (κ2) is 7.40. The van der Waals surface area contributed by atoms with Crippen molar-refractivity contribution in [3.63, 3.8) is 0 Å². The van der Waals surface area contributed by atoms with Crippen molar-refractivity contribution in [3.8, 4) is 0 Å². The summed E-state index contributed by atoms with van der Waals surface area (Å²) in [5, 5.41) is 16.5. The van der Waals surface area contributed by atoms with E-state index in [2.05, 4.69) is 11.6 Å². The molecule has 0 bridgehead atoms. The van der Waals surface area contributed by atoms with Crippen LogP contribution in [-0.2, 0) is 4.65 Å². The minimum atomic E-state index is -1.62. The molecular weight excluding hydrogens is 151 g/mol. The molecule has 0 spiro atoms. The van der Waals surface area contributed by atoms with Crippen LogP contribution in [0.1, 0.15) is 19.8 Å². The summed E-state index contributed by atoms with van der Waals surface area (Å²) in [6.07, 6.45) is 2.31. The Kier molecular flexibility index (Phi) is 7.62. The molecule has 0 aliphatic carbocycles. The minimum Gasteiger partial charge on any atom is -0.402 e. The number of unbranched alkanes of at least 4 members (excludes halogenated alkanes) is 1. The van der Waals surface area contributed by atoms with Gasteiger partial charge in [0.2, 0.25) is 0 Å². The van der Waals surface area contributed by atoms with E-state index < -0.39 is 7.32 Å². The molecule has 0 rings (SSSR count). The van der Waals surface area contributed by atoms with Gasteiger partial charge in [0.05, 0.1) is 5.94 Å². The smallest absolute Gasteiger partial charge is 0.402 e. The van der Waals surface area contributed by atoms with E-state index in [-0.39, 0.29) is 0 Å². The zero-order valence-electron chi connectivity index (χ0n) is 6.12. The fraction of sp³-hybridized carbons (Fsp3) is 1.00. The van der Waals surface area contributed by atoms with Crippen LogP contribution in [0.15, 0.2) is 0 Å². The van der Waals surface area contributed by atoms with E-state index in [0.29, 0.717) is 5.94 Å². The molecule has 0 amide bonds. The fourth-order valence-corrected chi connectivity index (χ4v) is 1.24. The average molecular weight is 164 g/mol. The van der Waals surface area contributed by atoms with Gasteiger partial charge in [0.25, 0.3) is 0 Å². The summed E-state index contributed by atoms with van der Waals surface area (Å²) < 4.78 is 4.46. The van der Waals surface area contributed by atoms with Gasteiger partial charge < -0.3 is 14.7 Å². The Morgan fingerprint density at radius 1 is 1.50 bits per heavy atom. The lowest BCUT2D eigenvalue weighted by atomic mass is 10.3. The van der Waals surface area contributed by atoms with E-state index in [4.69, 9.17) is 10.0 Å². The van der Waals surface area contributed by atoms with Crippen molar-refractivity contribution >= 4 is 19.1 Å². The summed E-state index contributed by atoms with van der Waals surface area (Å²) >= 11 is 1.56. The van der Waals surface area contributed by atoms with E-state index in [1.54, 1.807) is 11.8 Å². The summed E-state index contributed by atoms with van der Waals surface area (Å²) in [7, 11) is -1.62. The molecule has 0 saturated heterocycles. The van der Waals surface area contributed by atoms with Crippen molar-refractivity contribution in [2.75, 3.05) is 11.7 Å². The van der Waals surface area contributed by atoms with E-state index in [1.807, 2.05) is 0 Å². The summed E-state index contributed by atoms with van der Waals surface area (Å²) in [4.78, 5) is 0. The van der Waals surface area contributed by atoms with Crippen LogP contribution in [0.4, 0.5) is 0 Å². The summed E-state index contributed by atoms with van der Waals surface area (Å²) in [5.74, 6) is 1.38. The lowest BCUT2D eigenvalue weighted by Gasteiger charge is -2.00. The highest BCUT2D eigenvalue weighted by Crippen LogP contribution is 2.03. The van der Waals surface area contributed by atoms with E-state index in [1.165, 1.54) is 0 Å². The van der Waals surface area contributed by atoms with E-state index >= 15 is 0 Å². The molecule has 10 heavy (non-hydrogen) atoms. The Morgan fingerprint density at radius 2 is 2.20 bits per heavy atom. The molecule has 0 aliphatic rings. The Morgan fingerprint density at radius 3 is 2.70 bits per heavy atom. The number of rotatable bonds is 6. The van der Waals surface area contributed by atoms with Crippen molar-refractivity contribution in [1.29, 1.82) is 0 Å². The number of hydrogen-bond donors (Lipinski definition) is 2. The first-order valence-electron chi connectivity index (χ1n) is 3.33. The first kappa shape index (κ1) is 10.3. The lowest BCUT2D eigenvalue weighted by Crippen LogP contribution is -2.16. The molecular formula is C5H13BO3S. The predicted octanol–water partition coefficient (Wildman–Crippen LogP) is 0.463. The molecule has 0 atom stereocenters. The van der Waals surface area contributed by atoms with Gasteiger partial charge in [-0.2, -0.15) is 0 Å². The van der Waals surface area contributed by atoms with Gasteiger partial charge in [-0.1, -0.05) is 13.3 Å². The highest BCUT2D eigenvalue weighted by Gasteiger charge is 2.06. The monoisotopic (exact) mass is 164 g/mol. The molecule has 0 aromatic carbocycles. The molecule has 0 aliphatic heterocycles. The summed E-state index contributed by atoms with van der Waals surface area (Å²) in [5.41, 5.74) is 0. The normalized spacial score (nSPS) is 9.90. The van der Waals surface area contributed by atoms with Crippen molar-refractivity contribution in [1.82, 2.24) is 0 Å². The molecule has 0 fully saturated rings. The Hall–Kier alpha value is 0.295. The molecule has 3 nitrogen and oxygen atoms in total.